The van der Waals surface area contributed by atoms with E-state index in [0.717, 1.165) is 22.6 Å². The number of carbonyl (C=O) groups is 1. The topological polar surface area (TPSA) is 55.6 Å². The van der Waals surface area contributed by atoms with Crippen molar-refractivity contribution < 1.29 is 9.53 Å². The number of anilines is 1. The molecule has 0 saturated heterocycles. The molecule has 4 aromatic rings. The molecule has 0 atom stereocenters. The van der Waals surface area contributed by atoms with Crippen LogP contribution in [0.2, 0.25) is 0 Å². The summed E-state index contributed by atoms with van der Waals surface area (Å²) in [5.41, 5.74) is 5.39. The Labute approximate surface area is 176 Å². The van der Waals surface area contributed by atoms with Gasteiger partial charge in [0.15, 0.2) is 0 Å². The van der Waals surface area contributed by atoms with Gasteiger partial charge < -0.3 is 14.5 Å². The number of hydrogen-bond donors (Lipinski definition) is 1. The third-order valence-corrected chi connectivity index (χ3v) is 4.96. The van der Waals surface area contributed by atoms with Crippen LogP contribution in [-0.4, -0.2) is 15.3 Å². The number of carbonyl (C=O) groups excluding carboxylic acids is 1. The Morgan fingerprint density at radius 1 is 1.07 bits per heavy atom. The molecule has 4 rings (SSSR count). The number of pyridine rings is 1. The van der Waals surface area contributed by atoms with Gasteiger partial charge in [0.05, 0.1) is 5.69 Å². The van der Waals surface area contributed by atoms with Crippen molar-refractivity contribution in [1.29, 1.82) is 0 Å². The molecule has 5 heteroatoms. The third kappa shape index (κ3) is 4.35. The van der Waals surface area contributed by atoms with Gasteiger partial charge in [0.1, 0.15) is 18.0 Å². The second-order valence-corrected chi connectivity index (χ2v) is 7.72. The van der Waals surface area contributed by atoms with Crippen molar-refractivity contribution in [2.45, 2.75) is 33.3 Å². The number of rotatable bonds is 6. The van der Waals surface area contributed by atoms with Crippen molar-refractivity contribution >= 4 is 17.2 Å². The molecule has 0 fully saturated rings. The maximum absolute atomic E-state index is 12.8. The number of ether oxygens (including phenoxy) is 1. The lowest BCUT2D eigenvalue weighted by Gasteiger charge is -2.14. The highest BCUT2D eigenvalue weighted by atomic mass is 16.5. The molecule has 0 saturated carbocycles. The van der Waals surface area contributed by atoms with Crippen LogP contribution in [0.5, 0.6) is 5.75 Å². The molecule has 0 spiro atoms. The summed E-state index contributed by atoms with van der Waals surface area (Å²) in [6.07, 6.45) is 3.99. The molecule has 0 aliphatic rings. The number of aryl methyl sites for hydroxylation is 1. The minimum absolute atomic E-state index is 0.156. The summed E-state index contributed by atoms with van der Waals surface area (Å²) in [7, 11) is 0. The summed E-state index contributed by atoms with van der Waals surface area (Å²) in [5.74, 6) is 0.801. The van der Waals surface area contributed by atoms with Crippen molar-refractivity contribution in [3.8, 4) is 5.75 Å². The van der Waals surface area contributed by atoms with Crippen molar-refractivity contribution in [3.05, 3.63) is 95.4 Å². The van der Waals surface area contributed by atoms with E-state index in [9.17, 15) is 4.79 Å². The Bertz CT molecular complexity index is 1190. The highest BCUT2D eigenvalue weighted by Gasteiger charge is 2.12. The molecule has 1 N–H and O–H groups in total. The fourth-order valence-electron chi connectivity index (χ4n) is 3.42. The molecule has 152 valence electrons. The standard InChI is InChI=1S/C25H25N3O2/c1-17(2)22-9-4-5-10-23(22)27-25(29)19-7-6-8-21(13-19)30-16-20-15-28-14-18(3)11-12-24(28)26-20/h4-15,17H,16H2,1-3H3,(H,27,29). The maximum Gasteiger partial charge on any atom is 0.255 e. The van der Waals surface area contributed by atoms with Crippen LogP contribution in [0.4, 0.5) is 5.69 Å². The molecule has 0 aliphatic carbocycles. The van der Waals surface area contributed by atoms with Gasteiger partial charge in [0.25, 0.3) is 5.91 Å². The first kappa shape index (κ1) is 19.7. The van der Waals surface area contributed by atoms with Gasteiger partial charge in [-0.1, -0.05) is 44.2 Å². The fraction of sp³-hybridized carbons (Fsp3) is 0.200. The molecule has 30 heavy (non-hydrogen) atoms. The molecular weight excluding hydrogens is 374 g/mol. The van der Waals surface area contributed by atoms with E-state index in [1.165, 1.54) is 5.56 Å². The number of para-hydroxylation sites is 1. The van der Waals surface area contributed by atoms with Crippen LogP contribution in [0.1, 0.15) is 46.9 Å². The summed E-state index contributed by atoms with van der Waals surface area (Å²) in [5, 5.41) is 3.02. The van der Waals surface area contributed by atoms with Gasteiger partial charge in [-0.05, 0) is 54.3 Å². The first-order valence-corrected chi connectivity index (χ1v) is 10.1. The number of nitrogens with zero attached hydrogens (tertiary/aromatic N) is 2. The molecule has 0 unspecified atom stereocenters. The second kappa shape index (κ2) is 8.41. The summed E-state index contributed by atoms with van der Waals surface area (Å²) in [4.78, 5) is 17.3. The van der Waals surface area contributed by atoms with E-state index in [-0.39, 0.29) is 5.91 Å². The lowest BCUT2D eigenvalue weighted by Crippen LogP contribution is -2.13. The first-order valence-electron chi connectivity index (χ1n) is 10.1. The Balaban J connectivity index is 1.46. The monoisotopic (exact) mass is 399 g/mol. The predicted molar refractivity (Wildman–Crippen MR) is 119 cm³/mol. The fourth-order valence-corrected chi connectivity index (χ4v) is 3.42. The lowest BCUT2D eigenvalue weighted by atomic mass is 10.0. The zero-order chi connectivity index (χ0) is 21.1. The van der Waals surface area contributed by atoms with Gasteiger partial charge in [0, 0.05) is 23.6 Å². The maximum atomic E-state index is 12.8. The smallest absolute Gasteiger partial charge is 0.255 e. The molecule has 2 heterocycles. The number of amides is 1. The van der Waals surface area contributed by atoms with Crippen LogP contribution < -0.4 is 10.1 Å². The number of hydrogen-bond acceptors (Lipinski definition) is 3. The first-order chi connectivity index (χ1) is 14.5. The molecule has 0 radical (unpaired) electrons. The normalized spacial score (nSPS) is 11.1. The van der Waals surface area contributed by atoms with Crippen LogP contribution >= 0.6 is 0 Å². The molecule has 0 aliphatic heterocycles. The van der Waals surface area contributed by atoms with Crippen LogP contribution in [0, 0.1) is 6.92 Å². The quantitative estimate of drug-likeness (QED) is 0.459. The summed E-state index contributed by atoms with van der Waals surface area (Å²) < 4.78 is 7.89. The molecule has 0 bridgehead atoms. The SMILES string of the molecule is Cc1ccc2nc(COc3cccc(C(=O)Nc4ccccc4C(C)C)c3)cn2c1. The van der Waals surface area contributed by atoms with E-state index in [1.807, 2.05) is 72.2 Å². The van der Waals surface area contributed by atoms with E-state index in [0.29, 0.717) is 23.8 Å². The van der Waals surface area contributed by atoms with Gasteiger partial charge in [-0.3, -0.25) is 4.79 Å². The van der Waals surface area contributed by atoms with Gasteiger partial charge in [-0.2, -0.15) is 0 Å². The lowest BCUT2D eigenvalue weighted by molar-refractivity contribution is 0.102. The largest absolute Gasteiger partial charge is 0.487 e. The summed E-state index contributed by atoms with van der Waals surface area (Å²) in [6.45, 7) is 6.61. The summed E-state index contributed by atoms with van der Waals surface area (Å²) >= 11 is 0. The van der Waals surface area contributed by atoms with Crippen LogP contribution in [-0.2, 0) is 6.61 Å². The van der Waals surface area contributed by atoms with Crippen LogP contribution in [0.3, 0.4) is 0 Å². The highest BCUT2D eigenvalue weighted by molar-refractivity contribution is 6.04. The van der Waals surface area contributed by atoms with Gasteiger partial charge >= 0.3 is 0 Å². The Hall–Kier alpha value is -3.60. The second-order valence-electron chi connectivity index (χ2n) is 7.72. The minimum atomic E-state index is -0.156. The van der Waals surface area contributed by atoms with E-state index < -0.39 is 0 Å². The van der Waals surface area contributed by atoms with Crippen LogP contribution in [0.15, 0.2) is 73.1 Å². The molecular formula is C25H25N3O2. The number of benzene rings is 2. The zero-order valence-electron chi connectivity index (χ0n) is 17.4. The number of fused-ring (bicyclic) bond motifs is 1. The van der Waals surface area contributed by atoms with Crippen molar-refractivity contribution in [3.63, 3.8) is 0 Å². The van der Waals surface area contributed by atoms with Crippen LogP contribution in [0.25, 0.3) is 5.65 Å². The average molecular weight is 399 g/mol. The predicted octanol–water partition coefficient (Wildman–Crippen LogP) is 5.60. The third-order valence-electron chi connectivity index (χ3n) is 4.96. The van der Waals surface area contributed by atoms with E-state index >= 15 is 0 Å². The highest BCUT2D eigenvalue weighted by Crippen LogP contribution is 2.25. The Morgan fingerprint density at radius 2 is 1.90 bits per heavy atom. The number of imidazole rings is 1. The van der Waals surface area contributed by atoms with Crippen molar-refractivity contribution in [2.75, 3.05) is 5.32 Å². The average Bonchev–Trinajstić information content (AvgIpc) is 3.14. The molecule has 2 aromatic heterocycles. The summed E-state index contributed by atoms with van der Waals surface area (Å²) in [6, 6.07) is 19.1. The van der Waals surface area contributed by atoms with Gasteiger partial charge in [-0.25, -0.2) is 4.98 Å². The van der Waals surface area contributed by atoms with Gasteiger partial charge in [0.2, 0.25) is 0 Å². The van der Waals surface area contributed by atoms with E-state index in [2.05, 4.69) is 24.1 Å². The molecule has 1 amide bonds. The molecule has 2 aromatic carbocycles. The Morgan fingerprint density at radius 3 is 2.73 bits per heavy atom. The van der Waals surface area contributed by atoms with Gasteiger partial charge in [-0.15, -0.1) is 0 Å². The number of aromatic nitrogens is 2. The van der Waals surface area contributed by atoms with Crippen molar-refractivity contribution in [1.82, 2.24) is 9.38 Å². The van der Waals surface area contributed by atoms with E-state index in [4.69, 9.17) is 4.74 Å². The minimum Gasteiger partial charge on any atom is -0.487 e. The van der Waals surface area contributed by atoms with E-state index in [1.54, 1.807) is 12.1 Å². The Kier molecular flexibility index (Phi) is 5.53. The molecule has 5 nitrogen and oxygen atoms in total. The van der Waals surface area contributed by atoms with Crippen molar-refractivity contribution in [2.24, 2.45) is 0 Å². The zero-order valence-corrected chi connectivity index (χ0v) is 17.4. The number of nitrogens with one attached hydrogen (secondary N) is 1.